The Kier molecular flexibility index (Phi) is 4.33. The third kappa shape index (κ3) is 2.96. The van der Waals surface area contributed by atoms with E-state index in [1.54, 1.807) is 0 Å². The molecule has 0 spiro atoms. The Labute approximate surface area is 121 Å². The molecule has 0 atom stereocenters. The highest BCUT2D eigenvalue weighted by molar-refractivity contribution is 5.96. The first kappa shape index (κ1) is 14.9. The van der Waals surface area contributed by atoms with Crippen molar-refractivity contribution >= 4 is 11.6 Å². The van der Waals surface area contributed by atoms with E-state index in [1.807, 2.05) is 30.9 Å². The summed E-state index contributed by atoms with van der Waals surface area (Å²) in [5.74, 6) is 0.109. The van der Waals surface area contributed by atoms with Gasteiger partial charge < -0.3 is 10.6 Å². The normalized spacial score (nSPS) is 16.8. The Morgan fingerprint density at radius 2 is 1.70 bits per heavy atom. The van der Waals surface area contributed by atoms with Crippen molar-refractivity contribution in [3.63, 3.8) is 0 Å². The Bertz CT molecular complexity index is 503. The molecule has 1 amide bonds. The number of piperazine rings is 1. The van der Waals surface area contributed by atoms with Crippen molar-refractivity contribution in [3.05, 3.63) is 28.8 Å². The van der Waals surface area contributed by atoms with Crippen molar-refractivity contribution < 1.29 is 4.79 Å². The van der Waals surface area contributed by atoms with Gasteiger partial charge in [0.05, 0.1) is 0 Å². The van der Waals surface area contributed by atoms with Crippen LogP contribution in [0.1, 0.15) is 35.3 Å². The average molecular weight is 275 g/mol. The van der Waals surface area contributed by atoms with Gasteiger partial charge in [-0.3, -0.25) is 9.69 Å². The van der Waals surface area contributed by atoms with E-state index >= 15 is 0 Å². The fourth-order valence-electron chi connectivity index (χ4n) is 2.71. The number of carbonyl (C=O) groups is 1. The van der Waals surface area contributed by atoms with Gasteiger partial charge in [0, 0.05) is 43.5 Å². The number of rotatable bonds is 2. The number of anilines is 1. The number of hydrogen-bond donors (Lipinski definition) is 1. The molecule has 2 N–H and O–H groups in total. The molecule has 1 aromatic carbocycles. The van der Waals surface area contributed by atoms with Crippen LogP contribution in [0.25, 0.3) is 0 Å². The molecule has 0 radical (unpaired) electrons. The maximum absolute atomic E-state index is 12.6. The van der Waals surface area contributed by atoms with Crippen molar-refractivity contribution in [3.8, 4) is 0 Å². The number of amides is 1. The van der Waals surface area contributed by atoms with Crippen LogP contribution in [0, 0.1) is 13.8 Å². The average Bonchev–Trinajstić information content (AvgIpc) is 2.42. The molecule has 20 heavy (non-hydrogen) atoms. The molecular formula is C16H25N3O. The number of nitrogens with zero attached hydrogens (tertiary/aromatic N) is 2. The SMILES string of the molecule is Cc1cc(C)c(C(=O)N2CCN(C(C)C)CC2)cc1N. The summed E-state index contributed by atoms with van der Waals surface area (Å²) in [5, 5.41) is 0. The summed E-state index contributed by atoms with van der Waals surface area (Å²) in [6.45, 7) is 11.8. The van der Waals surface area contributed by atoms with Crippen molar-refractivity contribution in [2.24, 2.45) is 0 Å². The van der Waals surface area contributed by atoms with Gasteiger partial charge >= 0.3 is 0 Å². The lowest BCUT2D eigenvalue weighted by Crippen LogP contribution is -2.50. The lowest BCUT2D eigenvalue weighted by Gasteiger charge is -2.37. The minimum Gasteiger partial charge on any atom is -0.398 e. The van der Waals surface area contributed by atoms with Gasteiger partial charge in [-0.15, -0.1) is 0 Å². The van der Waals surface area contributed by atoms with Gasteiger partial charge in [-0.2, -0.15) is 0 Å². The van der Waals surface area contributed by atoms with E-state index in [-0.39, 0.29) is 5.91 Å². The predicted octanol–water partition coefficient (Wildman–Crippen LogP) is 2.05. The fraction of sp³-hybridized carbons (Fsp3) is 0.562. The van der Waals surface area contributed by atoms with Crippen LogP contribution >= 0.6 is 0 Å². The molecule has 1 saturated heterocycles. The first-order valence-electron chi connectivity index (χ1n) is 7.30. The van der Waals surface area contributed by atoms with E-state index in [9.17, 15) is 4.79 Å². The maximum Gasteiger partial charge on any atom is 0.254 e. The molecule has 0 unspecified atom stereocenters. The van der Waals surface area contributed by atoms with Crippen molar-refractivity contribution in [1.82, 2.24) is 9.80 Å². The van der Waals surface area contributed by atoms with Crippen LogP contribution in [0.4, 0.5) is 5.69 Å². The molecule has 1 aromatic rings. The molecule has 2 rings (SSSR count). The second-order valence-electron chi connectivity index (χ2n) is 5.95. The van der Waals surface area contributed by atoms with Gasteiger partial charge in [-0.25, -0.2) is 0 Å². The molecule has 1 aliphatic heterocycles. The maximum atomic E-state index is 12.6. The van der Waals surface area contributed by atoms with Crippen molar-refractivity contribution in [2.45, 2.75) is 33.7 Å². The Morgan fingerprint density at radius 3 is 2.25 bits per heavy atom. The van der Waals surface area contributed by atoms with Crippen LogP contribution in [0.3, 0.4) is 0 Å². The van der Waals surface area contributed by atoms with Crippen molar-refractivity contribution in [2.75, 3.05) is 31.9 Å². The molecule has 0 aromatic heterocycles. The predicted molar refractivity (Wildman–Crippen MR) is 82.9 cm³/mol. The summed E-state index contributed by atoms with van der Waals surface area (Å²) in [5.41, 5.74) is 9.41. The third-order valence-corrected chi connectivity index (χ3v) is 4.18. The minimum atomic E-state index is 0.109. The van der Waals surface area contributed by atoms with Gasteiger partial charge in [0.15, 0.2) is 0 Å². The molecule has 1 fully saturated rings. The lowest BCUT2D eigenvalue weighted by molar-refractivity contribution is 0.0595. The van der Waals surface area contributed by atoms with Crippen LogP contribution in [0.5, 0.6) is 0 Å². The zero-order valence-electron chi connectivity index (χ0n) is 12.9. The van der Waals surface area contributed by atoms with Crippen LogP contribution in [-0.2, 0) is 0 Å². The Morgan fingerprint density at radius 1 is 1.10 bits per heavy atom. The standard InChI is InChI=1S/C16H25N3O/c1-11(2)18-5-7-19(8-6-18)16(20)14-10-15(17)13(4)9-12(14)3/h9-11H,5-8,17H2,1-4H3. The first-order valence-corrected chi connectivity index (χ1v) is 7.30. The molecule has 0 saturated carbocycles. The Hall–Kier alpha value is -1.55. The highest BCUT2D eigenvalue weighted by Crippen LogP contribution is 2.20. The van der Waals surface area contributed by atoms with Gasteiger partial charge in [-0.05, 0) is 44.9 Å². The molecular weight excluding hydrogens is 250 g/mol. The van der Waals surface area contributed by atoms with Gasteiger partial charge in [-0.1, -0.05) is 6.07 Å². The molecule has 1 heterocycles. The van der Waals surface area contributed by atoms with E-state index in [4.69, 9.17) is 5.73 Å². The number of hydrogen-bond acceptors (Lipinski definition) is 3. The Balaban J connectivity index is 2.11. The molecule has 0 aliphatic carbocycles. The largest absolute Gasteiger partial charge is 0.398 e. The fourth-order valence-corrected chi connectivity index (χ4v) is 2.71. The molecule has 1 aliphatic rings. The van der Waals surface area contributed by atoms with Crippen LogP contribution in [0.2, 0.25) is 0 Å². The topological polar surface area (TPSA) is 49.6 Å². The van der Waals surface area contributed by atoms with Gasteiger partial charge in [0.1, 0.15) is 0 Å². The quantitative estimate of drug-likeness (QED) is 0.840. The lowest BCUT2D eigenvalue weighted by atomic mass is 10.0. The van der Waals surface area contributed by atoms with E-state index in [0.717, 1.165) is 42.9 Å². The number of nitrogen functional groups attached to an aromatic ring is 1. The van der Waals surface area contributed by atoms with E-state index < -0.39 is 0 Å². The van der Waals surface area contributed by atoms with E-state index in [1.165, 1.54) is 0 Å². The van der Waals surface area contributed by atoms with Crippen LogP contribution in [0.15, 0.2) is 12.1 Å². The number of carbonyl (C=O) groups excluding carboxylic acids is 1. The van der Waals surface area contributed by atoms with Crippen LogP contribution < -0.4 is 5.73 Å². The summed E-state index contributed by atoms with van der Waals surface area (Å²) >= 11 is 0. The molecule has 4 heteroatoms. The first-order chi connectivity index (χ1) is 9.40. The minimum absolute atomic E-state index is 0.109. The molecule has 110 valence electrons. The second kappa shape index (κ2) is 5.83. The summed E-state index contributed by atoms with van der Waals surface area (Å²) < 4.78 is 0. The van der Waals surface area contributed by atoms with E-state index in [0.29, 0.717) is 11.7 Å². The van der Waals surface area contributed by atoms with Gasteiger partial charge in [0.25, 0.3) is 5.91 Å². The van der Waals surface area contributed by atoms with Crippen molar-refractivity contribution in [1.29, 1.82) is 0 Å². The van der Waals surface area contributed by atoms with Gasteiger partial charge in [0.2, 0.25) is 0 Å². The highest BCUT2D eigenvalue weighted by atomic mass is 16.2. The highest BCUT2D eigenvalue weighted by Gasteiger charge is 2.24. The number of nitrogens with two attached hydrogens (primary N) is 1. The number of aryl methyl sites for hydroxylation is 2. The van der Waals surface area contributed by atoms with Crippen LogP contribution in [-0.4, -0.2) is 47.9 Å². The zero-order valence-corrected chi connectivity index (χ0v) is 12.9. The monoisotopic (exact) mass is 275 g/mol. The zero-order chi connectivity index (χ0) is 14.9. The molecule has 4 nitrogen and oxygen atoms in total. The second-order valence-corrected chi connectivity index (χ2v) is 5.95. The number of benzene rings is 1. The third-order valence-electron chi connectivity index (χ3n) is 4.18. The summed E-state index contributed by atoms with van der Waals surface area (Å²) in [4.78, 5) is 17.0. The summed E-state index contributed by atoms with van der Waals surface area (Å²) in [6, 6.07) is 4.36. The smallest absolute Gasteiger partial charge is 0.254 e. The van der Waals surface area contributed by atoms with E-state index in [2.05, 4.69) is 18.7 Å². The summed E-state index contributed by atoms with van der Waals surface area (Å²) in [7, 11) is 0. The molecule has 0 bridgehead atoms. The summed E-state index contributed by atoms with van der Waals surface area (Å²) in [6.07, 6.45) is 0.